The number of rotatable bonds is 1. The lowest BCUT2D eigenvalue weighted by atomic mass is 9.99. The van der Waals surface area contributed by atoms with Crippen molar-refractivity contribution < 1.29 is 9.90 Å². The van der Waals surface area contributed by atoms with Gasteiger partial charge in [-0.3, -0.25) is 14.6 Å². The van der Waals surface area contributed by atoms with E-state index >= 15 is 0 Å². The van der Waals surface area contributed by atoms with Crippen LogP contribution in [-0.4, -0.2) is 16.1 Å². The molecule has 0 saturated carbocycles. The molecule has 1 heterocycles. The summed E-state index contributed by atoms with van der Waals surface area (Å²) in [6.45, 7) is 0. The lowest BCUT2D eigenvalue weighted by Gasteiger charge is -2.02. The van der Waals surface area contributed by atoms with Gasteiger partial charge < -0.3 is 5.11 Å². The highest BCUT2D eigenvalue weighted by Crippen LogP contribution is 2.21. The van der Waals surface area contributed by atoms with E-state index in [9.17, 15) is 14.4 Å². The van der Waals surface area contributed by atoms with Crippen molar-refractivity contribution in [1.82, 2.24) is 4.98 Å². The molecule has 5 nitrogen and oxygen atoms in total. The predicted molar refractivity (Wildman–Crippen MR) is 55.5 cm³/mol. The van der Waals surface area contributed by atoms with E-state index in [0.717, 1.165) is 0 Å². The van der Waals surface area contributed by atoms with Crippen molar-refractivity contribution in [3.63, 3.8) is 0 Å². The van der Waals surface area contributed by atoms with Crippen LogP contribution in [-0.2, 0) is 0 Å². The number of H-pyrrole nitrogens is 1. The highest BCUT2D eigenvalue weighted by Gasteiger charge is 2.15. The van der Waals surface area contributed by atoms with Crippen LogP contribution in [0.3, 0.4) is 0 Å². The molecule has 0 bridgehead atoms. The smallest absolute Gasteiger partial charge is 0.335 e. The average Bonchev–Trinajstić information content (AvgIpc) is 2.43. The lowest BCUT2D eigenvalue weighted by molar-refractivity contribution is 0.0697. The Morgan fingerprint density at radius 1 is 1.06 bits per heavy atom. The van der Waals surface area contributed by atoms with Crippen molar-refractivity contribution in [3.05, 3.63) is 54.9 Å². The molecule has 0 fully saturated rings. The van der Waals surface area contributed by atoms with Crippen LogP contribution in [0.2, 0.25) is 0 Å². The Labute approximate surface area is 87.3 Å². The number of aromatic amines is 1. The van der Waals surface area contributed by atoms with Crippen LogP contribution in [0.1, 0.15) is 10.4 Å². The second-order valence-corrected chi connectivity index (χ2v) is 3.60. The van der Waals surface area contributed by atoms with Crippen LogP contribution in [0.15, 0.2) is 27.8 Å². The highest BCUT2D eigenvalue weighted by molar-refractivity contribution is 5.97. The summed E-state index contributed by atoms with van der Waals surface area (Å²) in [6, 6.07) is 4.38. The van der Waals surface area contributed by atoms with Gasteiger partial charge >= 0.3 is 5.97 Å². The van der Waals surface area contributed by atoms with Crippen molar-refractivity contribution in [3.8, 4) is 0 Å². The van der Waals surface area contributed by atoms with Gasteiger partial charge in [0.1, 0.15) is 0 Å². The van der Waals surface area contributed by atoms with Crippen molar-refractivity contribution in [2.75, 3.05) is 0 Å². The molecule has 0 saturated heterocycles. The van der Waals surface area contributed by atoms with Crippen molar-refractivity contribution >= 4 is 16.7 Å². The summed E-state index contributed by atoms with van der Waals surface area (Å²) < 4.78 is 0. The number of nitrogens with one attached hydrogen (secondary N) is 1. The quantitative estimate of drug-likeness (QED) is 0.606. The number of hydrogen-bond donors (Lipinski definition) is 2. The van der Waals surface area contributed by atoms with Crippen molar-refractivity contribution in [1.29, 1.82) is 0 Å². The summed E-state index contributed by atoms with van der Waals surface area (Å²) in [6.07, 6.45) is 0. The van der Waals surface area contributed by atoms with Gasteiger partial charge in [0.05, 0.1) is 16.0 Å². The Hall–Kier alpha value is -2.43. The zero-order valence-corrected chi connectivity index (χ0v) is 7.90. The van der Waals surface area contributed by atoms with Crippen LogP contribution in [0.25, 0.3) is 10.8 Å². The number of hydrogen-bond acceptors (Lipinski definition) is 3. The third-order valence-corrected chi connectivity index (χ3v) is 2.74. The van der Waals surface area contributed by atoms with Crippen LogP contribution in [0.4, 0.5) is 0 Å². The molecular weight excluding hydrogens is 210 g/mol. The SMILES string of the molecule is O=C(O)c1ccc2c3c(=O)[nH]c(=O)c=3c2c1. The largest absolute Gasteiger partial charge is 0.478 e. The molecule has 0 amide bonds. The maximum absolute atomic E-state index is 11.4. The Bertz CT molecular complexity index is 864. The number of aromatic carboxylic acids is 1. The lowest BCUT2D eigenvalue weighted by Crippen LogP contribution is -2.06. The molecule has 1 aliphatic heterocycles. The Morgan fingerprint density at radius 2 is 1.69 bits per heavy atom. The standard InChI is InChI=1S/C11H5NO4/c13-9-7-5-2-1-4(11(15)16)3-6(5)8(7)10(14)12-9/h1-3H,(H,15,16)(H,12,13,14). The van der Waals surface area contributed by atoms with Gasteiger partial charge in [0.2, 0.25) is 0 Å². The maximum atomic E-state index is 11.4. The number of aromatic nitrogens is 1. The molecule has 5 heteroatoms. The fourth-order valence-electron chi connectivity index (χ4n) is 2.01. The second kappa shape index (κ2) is 2.57. The third kappa shape index (κ3) is 0.869. The van der Waals surface area contributed by atoms with Crippen molar-refractivity contribution in [2.45, 2.75) is 0 Å². The summed E-state index contributed by atoms with van der Waals surface area (Å²) in [7, 11) is 0. The van der Waals surface area contributed by atoms with Crippen molar-refractivity contribution in [2.24, 2.45) is 0 Å². The van der Waals surface area contributed by atoms with Gasteiger partial charge in [0, 0.05) is 0 Å². The van der Waals surface area contributed by atoms with E-state index in [1.54, 1.807) is 6.07 Å². The van der Waals surface area contributed by atoms with Gasteiger partial charge in [-0.05, 0) is 22.9 Å². The molecule has 16 heavy (non-hydrogen) atoms. The zero-order chi connectivity index (χ0) is 11.4. The molecule has 3 rings (SSSR count). The number of carboxylic acids is 1. The first kappa shape index (κ1) is 8.84. The zero-order valence-electron chi connectivity index (χ0n) is 7.90. The molecule has 0 spiro atoms. The summed E-state index contributed by atoms with van der Waals surface area (Å²) >= 11 is 0. The van der Waals surface area contributed by atoms with Gasteiger partial charge in [-0.25, -0.2) is 4.79 Å². The minimum atomic E-state index is -1.05. The van der Waals surface area contributed by atoms with E-state index in [2.05, 4.69) is 4.98 Å². The van der Waals surface area contributed by atoms with E-state index in [1.807, 2.05) is 0 Å². The summed E-state index contributed by atoms with van der Waals surface area (Å²) in [4.78, 5) is 35.6. The van der Waals surface area contributed by atoms with Crippen LogP contribution >= 0.6 is 0 Å². The Kier molecular flexibility index (Phi) is 1.42. The summed E-state index contributed by atoms with van der Waals surface area (Å²) in [5, 5.41) is 10.7. The first-order valence-electron chi connectivity index (χ1n) is 4.57. The van der Waals surface area contributed by atoms with E-state index in [4.69, 9.17) is 5.11 Å². The molecule has 0 atom stereocenters. The van der Waals surface area contributed by atoms with E-state index in [1.165, 1.54) is 12.1 Å². The molecule has 2 N–H and O–H groups in total. The molecule has 78 valence electrons. The summed E-state index contributed by atoms with van der Waals surface area (Å²) in [5.41, 5.74) is -0.747. The first-order valence-corrected chi connectivity index (χ1v) is 4.57. The van der Waals surface area contributed by atoms with Crippen LogP contribution < -0.4 is 11.1 Å². The van der Waals surface area contributed by atoms with E-state index in [-0.39, 0.29) is 5.56 Å². The maximum Gasteiger partial charge on any atom is 0.335 e. The monoisotopic (exact) mass is 215 g/mol. The van der Waals surface area contributed by atoms with Gasteiger partial charge in [-0.2, -0.15) is 0 Å². The normalized spacial score (nSPS) is 11.5. The minimum absolute atomic E-state index is 0.109. The Balaban J connectivity index is 2.56. The molecule has 0 unspecified atom stereocenters. The number of carbonyl (C=O) groups is 1. The highest BCUT2D eigenvalue weighted by atomic mass is 16.4. The van der Waals surface area contributed by atoms with Crippen LogP contribution in [0, 0.1) is 10.4 Å². The van der Waals surface area contributed by atoms with Gasteiger partial charge in [-0.15, -0.1) is 0 Å². The fraction of sp³-hybridized carbons (Fsp3) is 0. The van der Waals surface area contributed by atoms with Gasteiger partial charge in [-0.1, -0.05) is 6.07 Å². The van der Waals surface area contributed by atoms with E-state index < -0.39 is 17.1 Å². The van der Waals surface area contributed by atoms with E-state index in [0.29, 0.717) is 21.2 Å². The van der Waals surface area contributed by atoms with Crippen LogP contribution in [0.5, 0.6) is 0 Å². The Morgan fingerprint density at radius 3 is 2.31 bits per heavy atom. The topological polar surface area (TPSA) is 87.2 Å². The second-order valence-electron chi connectivity index (χ2n) is 3.60. The van der Waals surface area contributed by atoms with Gasteiger partial charge in [0.15, 0.2) is 0 Å². The molecule has 1 aliphatic carbocycles. The number of benzene rings is 1. The van der Waals surface area contributed by atoms with Gasteiger partial charge in [0.25, 0.3) is 11.1 Å². The minimum Gasteiger partial charge on any atom is -0.478 e. The molecule has 1 aromatic rings. The molecule has 1 aromatic carbocycles. The molecule has 2 aliphatic rings. The first-order chi connectivity index (χ1) is 7.59. The molecule has 0 radical (unpaired) electrons. The third-order valence-electron chi connectivity index (χ3n) is 2.74. The average molecular weight is 215 g/mol. The molecule has 0 aromatic heterocycles. The summed E-state index contributed by atoms with van der Waals surface area (Å²) in [5.74, 6) is -1.05. The number of fused-ring (bicyclic) bond motifs is 3. The molecular formula is C11H5NO4. The number of carboxylic acid groups (broad SMARTS) is 1. The predicted octanol–water partition coefficient (Wildman–Crippen LogP) is 0.187. The fourth-order valence-corrected chi connectivity index (χ4v) is 2.01.